The monoisotopic (exact) mass is 391 g/mol. The van der Waals surface area contributed by atoms with Crippen molar-refractivity contribution in [1.29, 1.82) is 0 Å². The van der Waals surface area contributed by atoms with Gasteiger partial charge in [-0.1, -0.05) is 35.5 Å². The molecular weight excluding hydrogens is 370 g/mol. The van der Waals surface area contributed by atoms with E-state index in [2.05, 4.69) is 40.6 Å². The van der Waals surface area contributed by atoms with E-state index in [9.17, 15) is 4.79 Å². The molecule has 0 radical (unpaired) electrons. The Bertz CT molecular complexity index is 1160. The molecule has 0 aliphatic carbocycles. The van der Waals surface area contributed by atoms with E-state index in [0.717, 1.165) is 38.4 Å². The Hall–Kier alpha value is -2.99. The van der Waals surface area contributed by atoms with Crippen LogP contribution in [0.2, 0.25) is 0 Å². The van der Waals surface area contributed by atoms with Crippen molar-refractivity contribution in [2.45, 2.75) is 33.7 Å². The number of benzene rings is 2. The maximum Gasteiger partial charge on any atom is 0.226 e. The van der Waals surface area contributed by atoms with Crippen molar-refractivity contribution in [2.75, 3.05) is 0 Å². The van der Waals surface area contributed by atoms with Gasteiger partial charge in [0.2, 0.25) is 5.91 Å². The highest BCUT2D eigenvalue weighted by atomic mass is 32.1. The van der Waals surface area contributed by atoms with Gasteiger partial charge in [-0.3, -0.25) is 4.79 Å². The smallest absolute Gasteiger partial charge is 0.226 e. The van der Waals surface area contributed by atoms with Crippen molar-refractivity contribution in [3.63, 3.8) is 0 Å². The standard InChI is InChI=1S/C22H21N3O2S/c1-13-8-15(3)21-18(25-27-19(21)9-13)10-20(26)23-11-16-12-28-22(24-16)17-7-5-4-6-14(17)2/h4-9,12H,10-11H2,1-3H3,(H,23,26). The third kappa shape index (κ3) is 3.68. The highest BCUT2D eigenvalue weighted by Crippen LogP contribution is 2.27. The highest BCUT2D eigenvalue weighted by Gasteiger charge is 2.15. The van der Waals surface area contributed by atoms with E-state index >= 15 is 0 Å². The molecule has 0 bridgehead atoms. The van der Waals surface area contributed by atoms with E-state index < -0.39 is 0 Å². The zero-order chi connectivity index (χ0) is 19.7. The van der Waals surface area contributed by atoms with E-state index in [1.165, 1.54) is 5.56 Å². The molecule has 6 heteroatoms. The molecule has 1 N–H and O–H groups in total. The third-order valence-corrected chi connectivity index (χ3v) is 5.63. The van der Waals surface area contributed by atoms with E-state index in [0.29, 0.717) is 12.2 Å². The number of thiazole rings is 1. The first kappa shape index (κ1) is 18.4. The van der Waals surface area contributed by atoms with Gasteiger partial charge in [0.05, 0.1) is 18.7 Å². The van der Waals surface area contributed by atoms with E-state index in [-0.39, 0.29) is 12.3 Å². The van der Waals surface area contributed by atoms with Crippen molar-refractivity contribution in [3.05, 3.63) is 69.9 Å². The summed E-state index contributed by atoms with van der Waals surface area (Å²) < 4.78 is 5.40. The lowest BCUT2D eigenvalue weighted by Crippen LogP contribution is -2.24. The molecule has 2 aromatic heterocycles. The zero-order valence-electron chi connectivity index (χ0n) is 16.1. The van der Waals surface area contributed by atoms with Gasteiger partial charge in [0, 0.05) is 16.3 Å². The number of hydrogen-bond donors (Lipinski definition) is 1. The second-order valence-corrected chi connectivity index (χ2v) is 7.85. The van der Waals surface area contributed by atoms with Gasteiger partial charge >= 0.3 is 0 Å². The van der Waals surface area contributed by atoms with Crippen LogP contribution in [0.3, 0.4) is 0 Å². The molecular formula is C22H21N3O2S. The van der Waals surface area contributed by atoms with Crippen LogP contribution in [0, 0.1) is 20.8 Å². The highest BCUT2D eigenvalue weighted by molar-refractivity contribution is 7.13. The number of amides is 1. The largest absolute Gasteiger partial charge is 0.356 e. The maximum absolute atomic E-state index is 12.4. The Morgan fingerprint density at radius 2 is 1.96 bits per heavy atom. The molecule has 0 spiro atoms. The van der Waals surface area contributed by atoms with Crippen LogP contribution in [0.25, 0.3) is 21.5 Å². The van der Waals surface area contributed by atoms with E-state index in [1.54, 1.807) is 11.3 Å². The van der Waals surface area contributed by atoms with Gasteiger partial charge in [-0.2, -0.15) is 0 Å². The average molecular weight is 391 g/mol. The Morgan fingerprint density at radius 3 is 2.79 bits per heavy atom. The van der Waals surface area contributed by atoms with Gasteiger partial charge < -0.3 is 9.84 Å². The summed E-state index contributed by atoms with van der Waals surface area (Å²) in [4.78, 5) is 17.1. The van der Waals surface area contributed by atoms with Crippen molar-refractivity contribution in [2.24, 2.45) is 0 Å². The fourth-order valence-electron chi connectivity index (χ4n) is 3.37. The number of carbonyl (C=O) groups excluding carboxylic acids is 1. The lowest BCUT2D eigenvalue weighted by molar-refractivity contribution is -0.120. The Kier molecular flexibility index (Phi) is 4.96. The number of nitrogens with zero attached hydrogens (tertiary/aromatic N) is 2. The summed E-state index contributed by atoms with van der Waals surface area (Å²) in [5.74, 6) is -0.0967. The summed E-state index contributed by atoms with van der Waals surface area (Å²) in [6.07, 6.45) is 0.186. The summed E-state index contributed by atoms with van der Waals surface area (Å²) >= 11 is 1.59. The molecule has 2 heterocycles. The second kappa shape index (κ2) is 7.56. The minimum Gasteiger partial charge on any atom is -0.356 e. The number of fused-ring (bicyclic) bond motifs is 1. The quantitative estimate of drug-likeness (QED) is 0.534. The van der Waals surface area contributed by atoms with E-state index in [1.807, 2.05) is 37.4 Å². The molecule has 142 valence electrons. The van der Waals surface area contributed by atoms with Gasteiger partial charge in [0.1, 0.15) is 10.7 Å². The molecule has 0 aliphatic rings. The first-order valence-corrected chi connectivity index (χ1v) is 10.0. The summed E-state index contributed by atoms with van der Waals surface area (Å²) in [5.41, 5.74) is 6.76. The summed E-state index contributed by atoms with van der Waals surface area (Å²) in [7, 11) is 0. The first-order valence-electron chi connectivity index (χ1n) is 9.14. The first-order chi connectivity index (χ1) is 13.5. The molecule has 28 heavy (non-hydrogen) atoms. The topological polar surface area (TPSA) is 68.0 Å². The molecule has 0 fully saturated rings. The van der Waals surface area contributed by atoms with Crippen LogP contribution < -0.4 is 5.32 Å². The predicted octanol–water partition coefficient (Wildman–Crippen LogP) is 4.74. The Morgan fingerprint density at radius 1 is 1.14 bits per heavy atom. The molecule has 4 rings (SSSR count). The maximum atomic E-state index is 12.4. The van der Waals surface area contributed by atoms with Crippen LogP contribution in [0.15, 0.2) is 46.3 Å². The lowest BCUT2D eigenvalue weighted by Gasteiger charge is -2.03. The second-order valence-electron chi connectivity index (χ2n) is 7.00. The number of carbonyl (C=O) groups is 1. The van der Waals surface area contributed by atoms with Gasteiger partial charge in [0.25, 0.3) is 0 Å². The minimum atomic E-state index is -0.0967. The van der Waals surface area contributed by atoms with Crippen molar-refractivity contribution in [3.8, 4) is 10.6 Å². The normalized spacial score (nSPS) is 11.1. The van der Waals surface area contributed by atoms with Crippen molar-refractivity contribution >= 4 is 28.2 Å². The fourth-order valence-corrected chi connectivity index (χ4v) is 4.28. The van der Waals surface area contributed by atoms with Crippen LogP contribution >= 0.6 is 11.3 Å². The molecule has 0 atom stereocenters. The van der Waals surface area contributed by atoms with Gasteiger partial charge in [-0.25, -0.2) is 4.98 Å². The summed E-state index contributed by atoms with van der Waals surface area (Å²) in [6, 6.07) is 12.2. The predicted molar refractivity (Wildman–Crippen MR) is 111 cm³/mol. The Balaban J connectivity index is 1.43. The molecule has 0 aliphatic heterocycles. The van der Waals surface area contributed by atoms with E-state index in [4.69, 9.17) is 4.52 Å². The van der Waals surface area contributed by atoms with Crippen LogP contribution in [0.4, 0.5) is 0 Å². The number of hydrogen-bond acceptors (Lipinski definition) is 5. The average Bonchev–Trinajstić information content (AvgIpc) is 3.28. The third-order valence-electron chi connectivity index (χ3n) is 4.71. The van der Waals surface area contributed by atoms with Crippen molar-refractivity contribution < 1.29 is 9.32 Å². The van der Waals surface area contributed by atoms with Crippen LogP contribution in [-0.2, 0) is 17.8 Å². The zero-order valence-corrected chi connectivity index (χ0v) is 16.9. The summed E-state index contributed by atoms with van der Waals surface area (Å²) in [5, 5.41) is 10.9. The van der Waals surface area contributed by atoms with Crippen LogP contribution in [-0.4, -0.2) is 16.0 Å². The fraction of sp³-hybridized carbons (Fsp3) is 0.227. The SMILES string of the molecule is Cc1cc(C)c2c(CC(=O)NCc3csc(-c4ccccc4C)n3)noc2c1. The number of nitrogens with one attached hydrogen (secondary N) is 1. The number of aryl methyl sites for hydroxylation is 3. The van der Waals surface area contributed by atoms with Gasteiger partial charge in [-0.15, -0.1) is 11.3 Å². The number of aromatic nitrogens is 2. The molecule has 4 aromatic rings. The molecule has 5 nitrogen and oxygen atoms in total. The van der Waals surface area contributed by atoms with Crippen LogP contribution in [0.1, 0.15) is 28.1 Å². The molecule has 0 saturated heterocycles. The van der Waals surface area contributed by atoms with Crippen LogP contribution in [0.5, 0.6) is 0 Å². The molecule has 2 aromatic carbocycles. The van der Waals surface area contributed by atoms with Gasteiger partial charge in [0.15, 0.2) is 5.58 Å². The van der Waals surface area contributed by atoms with Gasteiger partial charge in [-0.05, 0) is 43.5 Å². The van der Waals surface area contributed by atoms with Crippen molar-refractivity contribution in [1.82, 2.24) is 15.5 Å². The molecule has 0 unspecified atom stereocenters. The molecule has 1 amide bonds. The summed E-state index contributed by atoms with van der Waals surface area (Å²) in [6.45, 7) is 6.50. The lowest BCUT2D eigenvalue weighted by atomic mass is 10.0. The molecule has 0 saturated carbocycles. The minimum absolute atomic E-state index is 0.0967. The Labute approximate surface area is 167 Å². The number of rotatable bonds is 5.